The van der Waals surface area contributed by atoms with Crippen LogP contribution in [0.15, 0.2) is 18.5 Å². The van der Waals surface area contributed by atoms with Gasteiger partial charge in [-0.05, 0) is 5.92 Å². The summed E-state index contributed by atoms with van der Waals surface area (Å²) in [4.78, 5) is 3.79. The minimum absolute atomic E-state index is 0.135. The van der Waals surface area contributed by atoms with Gasteiger partial charge in [0.1, 0.15) is 11.5 Å². The van der Waals surface area contributed by atoms with Crippen LogP contribution in [-0.4, -0.2) is 16.7 Å². The Kier molecular flexibility index (Phi) is 2.91. The third-order valence-electron chi connectivity index (χ3n) is 1.28. The summed E-state index contributed by atoms with van der Waals surface area (Å²) in [6.45, 7) is 4.78. The van der Waals surface area contributed by atoms with Crippen molar-refractivity contribution in [2.24, 2.45) is 5.92 Å². The lowest BCUT2D eigenvalue weighted by Gasteiger charge is -2.07. The van der Waals surface area contributed by atoms with E-state index < -0.39 is 0 Å². The maximum Gasteiger partial charge on any atom is 0.141 e. The second-order valence-corrected chi connectivity index (χ2v) is 3.08. The summed E-state index contributed by atoms with van der Waals surface area (Å²) >= 11 is 0. The molecule has 1 heterocycles. The Morgan fingerprint density at radius 1 is 1.50 bits per heavy atom. The van der Waals surface area contributed by atoms with Crippen molar-refractivity contribution in [3.05, 3.63) is 18.5 Å². The molecule has 12 heavy (non-hydrogen) atoms. The lowest BCUT2D eigenvalue weighted by atomic mass is 10.2. The van der Waals surface area contributed by atoms with Crippen molar-refractivity contribution in [3.63, 3.8) is 0 Å². The molecule has 66 valence electrons. The molecule has 0 aliphatic heterocycles. The highest BCUT2D eigenvalue weighted by molar-refractivity contribution is 5.26. The maximum absolute atomic E-state index is 9.04. The Hall–Kier alpha value is -1.25. The van der Waals surface area contributed by atoms with Crippen LogP contribution in [0.2, 0.25) is 0 Å². The number of hydrogen-bond acceptors (Lipinski definition) is 3. The van der Waals surface area contributed by atoms with E-state index in [9.17, 15) is 0 Å². The Morgan fingerprint density at radius 3 is 2.83 bits per heavy atom. The lowest BCUT2D eigenvalue weighted by molar-refractivity contribution is 0.269. The van der Waals surface area contributed by atoms with Crippen molar-refractivity contribution in [1.82, 2.24) is 4.98 Å². The van der Waals surface area contributed by atoms with Crippen LogP contribution in [-0.2, 0) is 0 Å². The topological polar surface area (TPSA) is 42.4 Å². The molecule has 3 nitrogen and oxygen atoms in total. The smallest absolute Gasteiger partial charge is 0.141 e. The fraction of sp³-hybridized carbons (Fsp3) is 0.444. The van der Waals surface area contributed by atoms with Gasteiger partial charge in [0.25, 0.3) is 0 Å². The van der Waals surface area contributed by atoms with E-state index in [2.05, 4.69) is 18.8 Å². The quantitative estimate of drug-likeness (QED) is 0.746. The van der Waals surface area contributed by atoms with E-state index in [1.807, 2.05) is 0 Å². The summed E-state index contributed by atoms with van der Waals surface area (Å²) in [7, 11) is 0. The van der Waals surface area contributed by atoms with Gasteiger partial charge < -0.3 is 9.84 Å². The molecule has 0 bridgehead atoms. The molecule has 0 atom stereocenters. The van der Waals surface area contributed by atoms with Crippen molar-refractivity contribution in [3.8, 4) is 11.5 Å². The second kappa shape index (κ2) is 3.95. The van der Waals surface area contributed by atoms with Crippen molar-refractivity contribution >= 4 is 0 Å². The molecule has 1 aromatic rings. The first-order chi connectivity index (χ1) is 5.68. The molecule has 0 fully saturated rings. The summed E-state index contributed by atoms with van der Waals surface area (Å²) < 4.78 is 5.33. The Morgan fingerprint density at radius 2 is 2.25 bits per heavy atom. The minimum atomic E-state index is 0.135. The Balaban J connectivity index is 2.52. The third-order valence-corrected chi connectivity index (χ3v) is 1.28. The number of aromatic hydroxyl groups is 1. The van der Waals surface area contributed by atoms with Gasteiger partial charge in [0.05, 0.1) is 19.0 Å². The highest BCUT2D eigenvalue weighted by atomic mass is 16.5. The van der Waals surface area contributed by atoms with Gasteiger partial charge in [-0.25, -0.2) is 0 Å². The molecule has 0 aromatic carbocycles. The highest BCUT2D eigenvalue weighted by Crippen LogP contribution is 2.15. The molecule has 0 saturated carbocycles. The molecule has 0 aliphatic carbocycles. The standard InChI is InChI=1S/C9H13NO2/c1-7(2)6-12-9-3-8(11)4-10-5-9/h3-5,7,11H,6H2,1-2H3. The fourth-order valence-electron chi connectivity index (χ4n) is 0.749. The van der Waals surface area contributed by atoms with Crippen LogP contribution in [0.4, 0.5) is 0 Å². The predicted molar refractivity (Wildman–Crippen MR) is 46.2 cm³/mol. The van der Waals surface area contributed by atoms with Crippen LogP contribution >= 0.6 is 0 Å². The molecule has 0 saturated heterocycles. The van der Waals surface area contributed by atoms with Crippen LogP contribution in [0.3, 0.4) is 0 Å². The maximum atomic E-state index is 9.04. The average molecular weight is 167 g/mol. The summed E-state index contributed by atoms with van der Waals surface area (Å²) in [5.74, 6) is 1.23. The van der Waals surface area contributed by atoms with Crippen LogP contribution < -0.4 is 4.74 Å². The molecule has 1 N–H and O–H groups in total. The summed E-state index contributed by atoms with van der Waals surface area (Å²) in [6.07, 6.45) is 2.96. The number of ether oxygens (including phenoxy) is 1. The Labute approximate surface area is 72.0 Å². The SMILES string of the molecule is CC(C)COc1cncc(O)c1. The van der Waals surface area contributed by atoms with Crippen LogP contribution in [0, 0.1) is 5.92 Å². The van der Waals surface area contributed by atoms with Crippen molar-refractivity contribution in [1.29, 1.82) is 0 Å². The first kappa shape index (κ1) is 8.84. The monoisotopic (exact) mass is 167 g/mol. The van der Waals surface area contributed by atoms with Gasteiger partial charge in [0.2, 0.25) is 0 Å². The van der Waals surface area contributed by atoms with Crippen molar-refractivity contribution < 1.29 is 9.84 Å². The first-order valence-electron chi connectivity index (χ1n) is 3.95. The molecule has 3 heteroatoms. The van der Waals surface area contributed by atoms with Crippen LogP contribution in [0.1, 0.15) is 13.8 Å². The van der Waals surface area contributed by atoms with Gasteiger partial charge in [0, 0.05) is 6.07 Å². The van der Waals surface area contributed by atoms with Gasteiger partial charge in [-0.1, -0.05) is 13.8 Å². The second-order valence-electron chi connectivity index (χ2n) is 3.08. The molecule has 0 radical (unpaired) electrons. The van der Waals surface area contributed by atoms with Crippen molar-refractivity contribution in [2.75, 3.05) is 6.61 Å². The van der Waals surface area contributed by atoms with E-state index >= 15 is 0 Å². The van der Waals surface area contributed by atoms with E-state index in [4.69, 9.17) is 9.84 Å². The zero-order chi connectivity index (χ0) is 8.97. The van der Waals surface area contributed by atoms with Gasteiger partial charge >= 0.3 is 0 Å². The van der Waals surface area contributed by atoms with Crippen LogP contribution in [0.5, 0.6) is 11.5 Å². The molecular formula is C9H13NO2. The normalized spacial score (nSPS) is 10.2. The van der Waals surface area contributed by atoms with E-state index in [-0.39, 0.29) is 5.75 Å². The highest BCUT2D eigenvalue weighted by Gasteiger charge is 1.97. The number of hydrogen-bond donors (Lipinski definition) is 1. The molecule has 0 unspecified atom stereocenters. The van der Waals surface area contributed by atoms with E-state index in [1.54, 1.807) is 12.3 Å². The number of rotatable bonds is 3. The summed E-state index contributed by atoms with van der Waals surface area (Å²) in [5, 5.41) is 9.04. The number of aromatic nitrogens is 1. The molecule has 0 aliphatic rings. The van der Waals surface area contributed by atoms with Crippen LogP contribution in [0.25, 0.3) is 0 Å². The molecular weight excluding hydrogens is 154 g/mol. The summed E-state index contributed by atoms with van der Waals surface area (Å²) in [6, 6.07) is 1.55. The van der Waals surface area contributed by atoms with Gasteiger partial charge in [-0.15, -0.1) is 0 Å². The third kappa shape index (κ3) is 2.78. The van der Waals surface area contributed by atoms with E-state index in [0.29, 0.717) is 18.3 Å². The number of nitrogens with zero attached hydrogens (tertiary/aromatic N) is 1. The van der Waals surface area contributed by atoms with Gasteiger partial charge in [-0.3, -0.25) is 4.98 Å². The molecule has 0 spiro atoms. The summed E-state index contributed by atoms with van der Waals surface area (Å²) in [5.41, 5.74) is 0. The predicted octanol–water partition coefficient (Wildman–Crippen LogP) is 1.82. The molecule has 1 aromatic heterocycles. The number of pyridine rings is 1. The zero-order valence-electron chi connectivity index (χ0n) is 7.32. The lowest BCUT2D eigenvalue weighted by Crippen LogP contribution is -2.04. The Bertz CT molecular complexity index is 248. The van der Waals surface area contributed by atoms with Crippen molar-refractivity contribution in [2.45, 2.75) is 13.8 Å². The minimum Gasteiger partial charge on any atom is -0.506 e. The fourth-order valence-corrected chi connectivity index (χ4v) is 0.749. The van der Waals surface area contributed by atoms with Gasteiger partial charge in [-0.2, -0.15) is 0 Å². The van der Waals surface area contributed by atoms with E-state index in [0.717, 1.165) is 0 Å². The van der Waals surface area contributed by atoms with E-state index in [1.165, 1.54) is 6.20 Å². The zero-order valence-corrected chi connectivity index (χ0v) is 7.32. The first-order valence-corrected chi connectivity index (χ1v) is 3.95. The average Bonchev–Trinajstić information content (AvgIpc) is 2.01. The largest absolute Gasteiger partial charge is 0.506 e. The van der Waals surface area contributed by atoms with Gasteiger partial charge in [0.15, 0.2) is 0 Å². The molecule has 1 rings (SSSR count). The molecule has 0 amide bonds.